The Morgan fingerprint density at radius 1 is 0.889 bits per heavy atom. The molecule has 0 spiro atoms. The lowest BCUT2D eigenvalue weighted by molar-refractivity contribution is 0.213. The molecule has 1 unspecified atom stereocenters. The maximum Gasteiger partial charge on any atom is 0.173 e. The molecular formula is C13H8BrF3O. The topological polar surface area (TPSA) is 20.2 Å². The number of hydrogen-bond acceptors (Lipinski definition) is 1. The van der Waals surface area contributed by atoms with Gasteiger partial charge < -0.3 is 5.11 Å². The second kappa shape index (κ2) is 5.12. The molecule has 0 aliphatic carbocycles. The van der Waals surface area contributed by atoms with E-state index >= 15 is 0 Å². The SMILES string of the molecule is OC(c1ccccc1F)c1ccc(F)c(F)c1Br. The Labute approximate surface area is 110 Å². The largest absolute Gasteiger partial charge is 0.384 e. The number of rotatable bonds is 2. The molecule has 2 aromatic rings. The molecule has 0 bridgehead atoms. The van der Waals surface area contributed by atoms with Crippen molar-refractivity contribution in [1.29, 1.82) is 0 Å². The predicted molar refractivity (Wildman–Crippen MR) is 64.5 cm³/mol. The highest BCUT2D eigenvalue weighted by Gasteiger charge is 2.20. The van der Waals surface area contributed by atoms with Crippen molar-refractivity contribution < 1.29 is 18.3 Å². The molecule has 0 aliphatic heterocycles. The zero-order valence-electron chi connectivity index (χ0n) is 9.00. The van der Waals surface area contributed by atoms with Gasteiger partial charge in [0.15, 0.2) is 11.6 Å². The minimum absolute atomic E-state index is 0.00390. The number of halogens is 4. The van der Waals surface area contributed by atoms with E-state index in [1.54, 1.807) is 6.07 Å². The molecule has 1 N–H and O–H groups in total. The van der Waals surface area contributed by atoms with Crippen molar-refractivity contribution in [2.45, 2.75) is 6.10 Å². The first kappa shape index (κ1) is 13.1. The van der Waals surface area contributed by atoms with Gasteiger partial charge in [0.05, 0.1) is 4.47 Å². The highest BCUT2D eigenvalue weighted by atomic mass is 79.9. The smallest absolute Gasteiger partial charge is 0.173 e. The van der Waals surface area contributed by atoms with Crippen LogP contribution in [0.3, 0.4) is 0 Å². The maximum atomic E-state index is 13.5. The van der Waals surface area contributed by atoms with Crippen LogP contribution in [0.2, 0.25) is 0 Å². The predicted octanol–water partition coefficient (Wildman–Crippen LogP) is 3.95. The second-order valence-corrected chi connectivity index (χ2v) is 4.48. The van der Waals surface area contributed by atoms with Crippen LogP contribution in [0.25, 0.3) is 0 Å². The molecule has 0 heterocycles. The number of benzene rings is 2. The van der Waals surface area contributed by atoms with Crippen LogP contribution < -0.4 is 0 Å². The van der Waals surface area contributed by atoms with Crippen molar-refractivity contribution in [1.82, 2.24) is 0 Å². The van der Waals surface area contributed by atoms with Gasteiger partial charge in [-0.3, -0.25) is 0 Å². The third kappa shape index (κ3) is 2.28. The summed E-state index contributed by atoms with van der Waals surface area (Å²) in [5.74, 6) is -2.75. The molecule has 0 amide bonds. The molecule has 2 aromatic carbocycles. The lowest BCUT2D eigenvalue weighted by Gasteiger charge is -2.14. The minimum Gasteiger partial charge on any atom is -0.384 e. The van der Waals surface area contributed by atoms with E-state index in [-0.39, 0.29) is 15.6 Å². The van der Waals surface area contributed by atoms with Crippen LogP contribution in [0.15, 0.2) is 40.9 Å². The quantitative estimate of drug-likeness (QED) is 0.832. The van der Waals surface area contributed by atoms with Crippen LogP contribution in [-0.2, 0) is 0 Å². The summed E-state index contributed by atoms with van der Waals surface area (Å²) in [5.41, 5.74) is 0.0724. The van der Waals surface area contributed by atoms with Crippen molar-refractivity contribution in [2.75, 3.05) is 0 Å². The summed E-state index contributed by atoms with van der Waals surface area (Å²) in [4.78, 5) is 0. The van der Waals surface area contributed by atoms with Crippen molar-refractivity contribution in [3.05, 3.63) is 69.4 Å². The molecule has 0 aromatic heterocycles. The fraction of sp³-hybridized carbons (Fsp3) is 0.0769. The Morgan fingerprint density at radius 3 is 2.22 bits per heavy atom. The first-order chi connectivity index (χ1) is 8.52. The average Bonchev–Trinajstić information content (AvgIpc) is 2.36. The van der Waals surface area contributed by atoms with Crippen molar-refractivity contribution in [3.63, 3.8) is 0 Å². The monoisotopic (exact) mass is 316 g/mol. The van der Waals surface area contributed by atoms with Crippen LogP contribution >= 0.6 is 15.9 Å². The first-order valence-corrected chi connectivity index (χ1v) is 5.87. The minimum atomic E-state index is -1.37. The first-order valence-electron chi connectivity index (χ1n) is 5.08. The van der Waals surface area contributed by atoms with E-state index < -0.39 is 23.6 Å². The van der Waals surface area contributed by atoms with Gasteiger partial charge in [-0.1, -0.05) is 24.3 Å². The van der Waals surface area contributed by atoms with Crippen LogP contribution in [0, 0.1) is 17.5 Å². The second-order valence-electron chi connectivity index (χ2n) is 3.69. The Kier molecular flexibility index (Phi) is 3.73. The lowest BCUT2D eigenvalue weighted by atomic mass is 10.0. The van der Waals surface area contributed by atoms with Gasteiger partial charge in [-0.25, -0.2) is 13.2 Å². The van der Waals surface area contributed by atoms with Gasteiger partial charge in [0.2, 0.25) is 0 Å². The fourth-order valence-corrected chi connectivity index (χ4v) is 2.15. The zero-order valence-corrected chi connectivity index (χ0v) is 10.6. The van der Waals surface area contributed by atoms with E-state index in [9.17, 15) is 18.3 Å². The molecule has 0 fully saturated rings. The molecule has 0 aliphatic rings. The number of aliphatic hydroxyl groups excluding tert-OH is 1. The van der Waals surface area contributed by atoms with Crippen LogP contribution in [-0.4, -0.2) is 5.11 Å². The fourth-order valence-electron chi connectivity index (χ4n) is 1.62. The summed E-state index contributed by atoms with van der Waals surface area (Å²) in [6.07, 6.45) is -1.37. The molecule has 0 radical (unpaired) electrons. The summed E-state index contributed by atoms with van der Waals surface area (Å²) in [6.45, 7) is 0. The molecular weight excluding hydrogens is 309 g/mol. The Morgan fingerprint density at radius 2 is 1.56 bits per heavy atom. The molecule has 2 rings (SSSR count). The van der Waals surface area contributed by atoms with Gasteiger partial charge >= 0.3 is 0 Å². The summed E-state index contributed by atoms with van der Waals surface area (Å²) in [5, 5.41) is 10.0. The average molecular weight is 317 g/mol. The zero-order chi connectivity index (χ0) is 13.3. The standard InChI is InChI=1S/C13H8BrF3O/c14-11-8(5-6-10(16)12(11)17)13(18)7-3-1-2-4-9(7)15/h1-6,13,18H. The third-order valence-corrected chi connectivity index (χ3v) is 3.37. The molecule has 1 nitrogen and oxygen atoms in total. The molecule has 18 heavy (non-hydrogen) atoms. The van der Waals surface area contributed by atoms with Crippen molar-refractivity contribution in [2.24, 2.45) is 0 Å². The molecule has 94 valence electrons. The molecule has 0 saturated heterocycles. The normalized spacial score (nSPS) is 12.5. The third-order valence-electron chi connectivity index (χ3n) is 2.56. The van der Waals surface area contributed by atoms with Gasteiger partial charge in [-0.15, -0.1) is 0 Å². The highest BCUT2D eigenvalue weighted by molar-refractivity contribution is 9.10. The van der Waals surface area contributed by atoms with Crippen LogP contribution in [0.5, 0.6) is 0 Å². The summed E-state index contributed by atoms with van der Waals surface area (Å²) < 4.78 is 39.6. The van der Waals surface area contributed by atoms with Gasteiger partial charge in [0, 0.05) is 11.1 Å². The molecule has 5 heteroatoms. The van der Waals surface area contributed by atoms with Crippen LogP contribution in [0.4, 0.5) is 13.2 Å². The Hall–Kier alpha value is -1.33. The number of hydrogen-bond donors (Lipinski definition) is 1. The van der Waals surface area contributed by atoms with E-state index in [0.29, 0.717) is 0 Å². The van der Waals surface area contributed by atoms with Crippen LogP contribution in [0.1, 0.15) is 17.2 Å². The van der Waals surface area contributed by atoms with E-state index in [1.807, 2.05) is 0 Å². The van der Waals surface area contributed by atoms with E-state index in [2.05, 4.69) is 15.9 Å². The highest BCUT2D eigenvalue weighted by Crippen LogP contribution is 2.32. The van der Waals surface area contributed by atoms with Gasteiger partial charge in [-0.2, -0.15) is 0 Å². The molecule has 1 atom stereocenters. The van der Waals surface area contributed by atoms with Crippen molar-refractivity contribution >= 4 is 15.9 Å². The molecule has 0 saturated carbocycles. The van der Waals surface area contributed by atoms with E-state index in [0.717, 1.165) is 6.07 Å². The van der Waals surface area contributed by atoms with E-state index in [1.165, 1.54) is 24.3 Å². The maximum absolute atomic E-state index is 13.5. The summed E-state index contributed by atoms with van der Waals surface area (Å²) in [7, 11) is 0. The van der Waals surface area contributed by atoms with Gasteiger partial charge in [0.25, 0.3) is 0 Å². The van der Waals surface area contributed by atoms with Gasteiger partial charge in [-0.05, 0) is 28.1 Å². The van der Waals surface area contributed by atoms with E-state index in [4.69, 9.17) is 0 Å². The lowest BCUT2D eigenvalue weighted by Crippen LogP contribution is -2.05. The summed E-state index contributed by atoms with van der Waals surface area (Å²) >= 11 is 2.86. The number of aliphatic hydroxyl groups is 1. The van der Waals surface area contributed by atoms with Crippen molar-refractivity contribution in [3.8, 4) is 0 Å². The Balaban J connectivity index is 2.50. The summed E-state index contributed by atoms with van der Waals surface area (Å²) in [6, 6.07) is 7.69. The Bertz CT molecular complexity index is 586. The van der Waals surface area contributed by atoms with Gasteiger partial charge in [0.1, 0.15) is 11.9 Å².